The van der Waals surface area contributed by atoms with Crippen LogP contribution in [0.5, 0.6) is 0 Å². The molecular formula is C18H23ClFN3O2. The smallest absolute Gasteiger partial charge is 0.321 e. The average Bonchev–Trinajstić information content (AvgIpc) is 3.20. The van der Waals surface area contributed by atoms with E-state index in [1.807, 2.05) is 4.90 Å². The second-order valence-electron chi connectivity index (χ2n) is 7.73. The number of amides is 2. The van der Waals surface area contributed by atoms with Gasteiger partial charge in [0.25, 0.3) is 0 Å². The molecule has 7 heteroatoms. The van der Waals surface area contributed by atoms with Crippen molar-refractivity contribution in [1.82, 2.24) is 9.80 Å². The largest absolute Gasteiger partial charge is 0.369 e. The number of nitrogens with zero attached hydrogens (tertiary/aromatic N) is 2. The first kappa shape index (κ1) is 17.1. The Balaban J connectivity index is 1.46. The highest BCUT2D eigenvalue weighted by Gasteiger charge is 2.63. The fourth-order valence-electron chi connectivity index (χ4n) is 4.79. The molecule has 3 aliphatic heterocycles. The van der Waals surface area contributed by atoms with Gasteiger partial charge in [-0.05, 0) is 45.1 Å². The molecule has 2 bridgehead atoms. The minimum atomic E-state index is -0.494. The molecule has 2 amide bonds. The third kappa shape index (κ3) is 2.90. The summed E-state index contributed by atoms with van der Waals surface area (Å²) in [5.41, 5.74) is 0.323. The Morgan fingerprint density at radius 3 is 3.04 bits per heavy atom. The van der Waals surface area contributed by atoms with E-state index >= 15 is 0 Å². The lowest BCUT2D eigenvalue weighted by Crippen LogP contribution is -2.40. The van der Waals surface area contributed by atoms with Gasteiger partial charge in [-0.25, -0.2) is 9.18 Å². The van der Waals surface area contributed by atoms with Crippen molar-refractivity contribution in [2.45, 2.75) is 24.5 Å². The molecule has 4 atom stereocenters. The highest BCUT2D eigenvalue weighted by atomic mass is 35.5. The minimum Gasteiger partial charge on any atom is -0.369 e. The lowest BCUT2D eigenvalue weighted by molar-refractivity contribution is 0.00534. The topological polar surface area (TPSA) is 44.8 Å². The summed E-state index contributed by atoms with van der Waals surface area (Å²) < 4.78 is 19.6. The van der Waals surface area contributed by atoms with E-state index in [2.05, 4.69) is 24.3 Å². The number of anilines is 1. The van der Waals surface area contributed by atoms with Crippen LogP contribution in [0.2, 0.25) is 5.02 Å². The molecular weight excluding hydrogens is 345 g/mol. The van der Waals surface area contributed by atoms with Crippen LogP contribution in [0.15, 0.2) is 18.2 Å². The number of benzene rings is 1. The van der Waals surface area contributed by atoms with Crippen LogP contribution >= 0.6 is 11.6 Å². The maximum absolute atomic E-state index is 13.3. The molecule has 0 unspecified atom stereocenters. The molecule has 0 saturated carbocycles. The predicted octanol–water partition coefficient (Wildman–Crippen LogP) is 3.05. The van der Waals surface area contributed by atoms with E-state index in [1.165, 1.54) is 18.2 Å². The van der Waals surface area contributed by atoms with Crippen LogP contribution < -0.4 is 5.32 Å². The zero-order valence-electron chi connectivity index (χ0n) is 14.5. The van der Waals surface area contributed by atoms with Crippen LogP contribution in [0.3, 0.4) is 0 Å². The van der Waals surface area contributed by atoms with E-state index in [1.54, 1.807) is 0 Å². The lowest BCUT2D eigenvalue weighted by Gasteiger charge is -2.30. The minimum absolute atomic E-state index is 0.00250. The summed E-state index contributed by atoms with van der Waals surface area (Å²) in [7, 11) is 4.16. The van der Waals surface area contributed by atoms with Crippen molar-refractivity contribution in [3.8, 4) is 0 Å². The molecule has 5 nitrogen and oxygen atoms in total. The Labute approximate surface area is 152 Å². The molecule has 0 radical (unpaired) electrons. The predicted molar refractivity (Wildman–Crippen MR) is 94.4 cm³/mol. The van der Waals surface area contributed by atoms with Crippen LogP contribution in [0.25, 0.3) is 0 Å². The molecule has 136 valence electrons. The summed E-state index contributed by atoms with van der Waals surface area (Å²) in [5.74, 6) is 0.365. The summed E-state index contributed by atoms with van der Waals surface area (Å²) in [6.45, 7) is 2.31. The maximum atomic E-state index is 13.3. The van der Waals surface area contributed by atoms with Crippen LogP contribution in [-0.4, -0.2) is 61.3 Å². The Bertz CT molecular complexity index is 701. The normalized spacial score (nSPS) is 33.2. The van der Waals surface area contributed by atoms with Crippen molar-refractivity contribution < 1.29 is 13.9 Å². The summed E-state index contributed by atoms with van der Waals surface area (Å²) >= 11 is 5.79. The summed E-state index contributed by atoms with van der Waals surface area (Å²) in [4.78, 5) is 16.7. The molecule has 1 aromatic rings. The number of hydrogen-bond acceptors (Lipinski definition) is 3. The quantitative estimate of drug-likeness (QED) is 0.893. The zero-order chi connectivity index (χ0) is 17.8. The molecule has 3 saturated heterocycles. The SMILES string of the molecule is CN(C)C[C@H]1[C@H]2CN(C(=O)Nc3ccc(F)c(Cl)c3)C[C@]23CC[C@H]1O3. The van der Waals surface area contributed by atoms with Crippen molar-refractivity contribution in [2.24, 2.45) is 11.8 Å². The Morgan fingerprint density at radius 1 is 1.52 bits per heavy atom. The summed E-state index contributed by atoms with van der Waals surface area (Å²) in [6.07, 6.45) is 2.43. The number of nitrogens with one attached hydrogen (secondary N) is 1. The van der Waals surface area contributed by atoms with Gasteiger partial charge in [-0.15, -0.1) is 0 Å². The van der Waals surface area contributed by atoms with Gasteiger partial charge in [0.1, 0.15) is 5.82 Å². The Hall–Kier alpha value is -1.37. The molecule has 0 aromatic heterocycles. The van der Waals surface area contributed by atoms with Crippen molar-refractivity contribution in [2.75, 3.05) is 39.0 Å². The fraction of sp³-hybridized carbons (Fsp3) is 0.611. The molecule has 1 N–H and O–H groups in total. The molecule has 1 aromatic carbocycles. The van der Waals surface area contributed by atoms with Gasteiger partial charge in [0.15, 0.2) is 0 Å². The average molecular weight is 368 g/mol. The number of hydrogen-bond donors (Lipinski definition) is 1. The van der Waals surface area contributed by atoms with Gasteiger partial charge in [-0.1, -0.05) is 11.6 Å². The van der Waals surface area contributed by atoms with E-state index in [-0.39, 0.29) is 16.7 Å². The van der Waals surface area contributed by atoms with Gasteiger partial charge in [0, 0.05) is 30.6 Å². The Kier molecular flexibility index (Phi) is 4.17. The van der Waals surface area contributed by atoms with E-state index < -0.39 is 5.82 Å². The van der Waals surface area contributed by atoms with Gasteiger partial charge in [-0.3, -0.25) is 0 Å². The fourth-order valence-corrected chi connectivity index (χ4v) is 4.97. The summed E-state index contributed by atoms with van der Waals surface area (Å²) in [5, 5.41) is 2.82. The van der Waals surface area contributed by atoms with Crippen molar-refractivity contribution in [1.29, 1.82) is 0 Å². The highest BCUT2D eigenvalue weighted by molar-refractivity contribution is 6.31. The van der Waals surface area contributed by atoms with Crippen LogP contribution in [0.1, 0.15) is 12.8 Å². The summed E-state index contributed by atoms with van der Waals surface area (Å²) in [6, 6.07) is 4.03. The van der Waals surface area contributed by atoms with Crippen LogP contribution in [0, 0.1) is 17.7 Å². The number of carbonyl (C=O) groups is 1. The third-order valence-corrected chi connectivity index (χ3v) is 6.11. The monoisotopic (exact) mass is 367 g/mol. The number of urea groups is 1. The van der Waals surface area contributed by atoms with Crippen LogP contribution in [-0.2, 0) is 4.74 Å². The molecule has 4 rings (SSSR count). The lowest BCUT2D eigenvalue weighted by atomic mass is 9.73. The Morgan fingerprint density at radius 2 is 2.32 bits per heavy atom. The van der Waals surface area contributed by atoms with E-state index in [0.717, 1.165) is 19.4 Å². The highest BCUT2D eigenvalue weighted by Crippen LogP contribution is 2.54. The number of rotatable bonds is 3. The molecule has 3 aliphatic rings. The molecule has 3 heterocycles. The van der Waals surface area contributed by atoms with Gasteiger partial charge < -0.3 is 19.9 Å². The van der Waals surface area contributed by atoms with E-state index in [0.29, 0.717) is 36.7 Å². The second-order valence-corrected chi connectivity index (χ2v) is 8.14. The molecule has 3 fully saturated rings. The van der Waals surface area contributed by atoms with Crippen molar-refractivity contribution in [3.63, 3.8) is 0 Å². The number of halogens is 2. The first-order valence-electron chi connectivity index (χ1n) is 8.71. The third-order valence-electron chi connectivity index (χ3n) is 5.82. The number of fused-ring (bicyclic) bond motifs is 1. The standard InChI is InChI=1S/C18H23ClFN3O2/c1-22(2)8-12-13-9-23(10-18(13)6-5-16(12)25-18)17(24)21-11-3-4-15(20)14(19)7-11/h3-4,7,12-13,16H,5-6,8-10H2,1-2H3,(H,21,24)/t12-,13+,16+,18+/m0/s1. The first-order chi connectivity index (χ1) is 11.9. The second kappa shape index (κ2) is 6.11. The number of likely N-dealkylation sites (tertiary alicyclic amines) is 1. The number of carbonyl (C=O) groups excluding carboxylic acids is 1. The number of ether oxygens (including phenoxy) is 1. The van der Waals surface area contributed by atoms with Crippen molar-refractivity contribution in [3.05, 3.63) is 29.0 Å². The maximum Gasteiger partial charge on any atom is 0.321 e. The van der Waals surface area contributed by atoms with Gasteiger partial charge in [-0.2, -0.15) is 0 Å². The van der Waals surface area contributed by atoms with Crippen molar-refractivity contribution >= 4 is 23.3 Å². The van der Waals surface area contributed by atoms with E-state index in [9.17, 15) is 9.18 Å². The zero-order valence-corrected chi connectivity index (χ0v) is 15.2. The molecule has 1 spiro atoms. The van der Waals surface area contributed by atoms with Gasteiger partial charge in [0.05, 0.1) is 23.3 Å². The van der Waals surface area contributed by atoms with Gasteiger partial charge >= 0.3 is 6.03 Å². The van der Waals surface area contributed by atoms with E-state index in [4.69, 9.17) is 16.3 Å². The van der Waals surface area contributed by atoms with Crippen LogP contribution in [0.4, 0.5) is 14.9 Å². The molecule has 0 aliphatic carbocycles. The molecule has 25 heavy (non-hydrogen) atoms. The van der Waals surface area contributed by atoms with Gasteiger partial charge in [0.2, 0.25) is 0 Å². The first-order valence-corrected chi connectivity index (χ1v) is 9.09.